The summed E-state index contributed by atoms with van der Waals surface area (Å²) in [6.07, 6.45) is 10.4. The van der Waals surface area contributed by atoms with Crippen molar-refractivity contribution in [1.82, 2.24) is 4.90 Å². The van der Waals surface area contributed by atoms with Gasteiger partial charge in [-0.1, -0.05) is 61.5 Å². The number of aryl methyl sites for hydroxylation is 2. The van der Waals surface area contributed by atoms with Crippen LogP contribution in [-0.2, 0) is 12.8 Å². The minimum absolute atomic E-state index is 0.715. The average molecular weight is 350 g/mol. The summed E-state index contributed by atoms with van der Waals surface area (Å²) in [5, 5.41) is 0. The van der Waals surface area contributed by atoms with Gasteiger partial charge in [0, 0.05) is 0 Å². The van der Waals surface area contributed by atoms with Crippen LogP contribution in [-0.4, -0.2) is 24.5 Å². The van der Waals surface area contributed by atoms with Gasteiger partial charge in [-0.25, -0.2) is 0 Å². The van der Waals surface area contributed by atoms with Gasteiger partial charge in [-0.15, -0.1) is 0 Å². The number of likely N-dealkylation sites (tertiary alicyclic amines) is 1. The molecule has 140 valence electrons. The zero-order valence-electron chi connectivity index (χ0n) is 16.5. The van der Waals surface area contributed by atoms with Crippen LogP contribution in [0.4, 0.5) is 0 Å². The first kappa shape index (κ1) is 19.2. The molecule has 1 heteroatoms. The molecule has 2 aromatic carbocycles. The van der Waals surface area contributed by atoms with E-state index in [0.717, 1.165) is 6.42 Å². The summed E-state index contributed by atoms with van der Waals surface area (Å²) in [5.74, 6) is 0.715. The van der Waals surface area contributed by atoms with Crippen LogP contribution in [0, 0.1) is 0 Å². The minimum atomic E-state index is 0.715. The minimum Gasteiger partial charge on any atom is -0.303 e. The second-order valence-corrected chi connectivity index (χ2v) is 7.86. The van der Waals surface area contributed by atoms with Crippen LogP contribution in [0.5, 0.6) is 0 Å². The Morgan fingerprint density at radius 2 is 1.50 bits per heavy atom. The summed E-state index contributed by atoms with van der Waals surface area (Å²) in [6, 6.07) is 20.4. The quantitative estimate of drug-likeness (QED) is 0.491. The lowest BCUT2D eigenvalue weighted by Gasteiger charge is -2.20. The third-order valence-electron chi connectivity index (χ3n) is 5.95. The molecule has 1 heterocycles. The number of hydrogen-bond donors (Lipinski definition) is 0. The smallest absolute Gasteiger partial charge is 0.00183 e. The Hall–Kier alpha value is -1.60. The first-order chi connectivity index (χ1) is 12.8. The van der Waals surface area contributed by atoms with Crippen LogP contribution in [0.2, 0.25) is 0 Å². The number of benzene rings is 2. The van der Waals surface area contributed by atoms with Crippen molar-refractivity contribution in [3.05, 3.63) is 71.3 Å². The fourth-order valence-corrected chi connectivity index (χ4v) is 4.27. The van der Waals surface area contributed by atoms with Gasteiger partial charge in [0.15, 0.2) is 0 Å². The van der Waals surface area contributed by atoms with Crippen molar-refractivity contribution in [2.24, 2.45) is 0 Å². The van der Waals surface area contributed by atoms with Gasteiger partial charge in [-0.3, -0.25) is 0 Å². The molecule has 0 radical (unpaired) electrons. The fourth-order valence-electron chi connectivity index (χ4n) is 4.27. The molecule has 1 atom stereocenters. The van der Waals surface area contributed by atoms with Gasteiger partial charge in [-0.2, -0.15) is 0 Å². The molecule has 3 rings (SSSR count). The summed E-state index contributed by atoms with van der Waals surface area (Å²) in [7, 11) is 0. The third-order valence-corrected chi connectivity index (χ3v) is 5.95. The van der Waals surface area contributed by atoms with Crippen LogP contribution in [0.25, 0.3) is 0 Å². The van der Waals surface area contributed by atoms with E-state index in [9.17, 15) is 0 Å². The van der Waals surface area contributed by atoms with Gasteiger partial charge in [0.2, 0.25) is 0 Å². The van der Waals surface area contributed by atoms with Crippen molar-refractivity contribution in [3.63, 3.8) is 0 Å². The third kappa shape index (κ3) is 5.99. The van der Waals surface area contributed by atoms with Crippen LogP contribution in [0.3, 0.4) is 0 Å². The monoisotopic (exact) mass is 349 g/mol. The lowest BCUT2D eigenvalue weighted by Crippen LogP contribution is -2.20. The summed E-state index contributed by atoms with van der Waals surface area (Å²) in [5.41, 5.74) is 4.48. The predicted molar refractivity (Wildman–Crippen MR) is 113 cm³/mol. The molecule has 1 aliphatic heterocycles. The average Bonchev–Trinajstić information content (AvgIpc) is 3.21. The van der Waals surface area contributed by atoms with Crippen LogP contribution >= 0.6 is 0 Å². The molecule has 0 saturated carbocycles. The first-order valence-corrected chi connectivity index (χ1v) is 10.7. The van der Waals surface area contributed by atoms with Gasteiger partial charge in [0.25, 0.3) is 0 Å². The van der Waals surface area contributed by atoms with Crippen molar-refractivity contribution >= 4 is 0 Å². The van der Waals surface area contributed by atoms with E-state index in [-0.39, 0.29) is 0 Å². The van der Waals surface area contributed by atoms with Crippen molar-refractivity contribution in [1.29, 1.82) is 0 Å². The fraction of sp³-hybridized carbons (Fsp3) is 0.520. The van der Waals surface area contributed by atoms with E-state index in [1.54, 1.807) is 5.56 Å². The highest BCUT2D eigenvalue weighted by molar-refractivity contribution is 5.25. The van der Waals surface area contributed by atoms with Gasteiger partial charge in [0.1, 0.15) is 0 Å². The molecule has 26 heavy (non-hydrogen) atoms. The maximum atomic E-state index is 2.65. The second-order valence-electron chi connectivity index (χ2n) is 7.86. The molecule has 1 aliphatic rings. The Labute approximate surface area is 160 Å². The number of rotatable bonds is 10. The molecule has 2 aromatic rings. The molecule has 0 bridgehead atoms. The molecule has 0 N–H and O–H groups in total. The molecule has 0 spiro atoms. The Kier molecular flexibility index (Phi) is 7.76. The largest absolute Gasteiger partial charge is 0.303 e. The highest BCUT2D eigenvalue weighted by Crippen LogP contribution is 2.28. The number of nitrogens with zero attached hydrogens (tertiary/aromatic N) is 1. The summed E-state index contributed by atoms with van der Waals surface area (Å²) in [4.78, 5) is 2.65. The van der Waals surface area contributed by atoms with E-state index < -0.39 is 0 Å². The maximum Gasteiger partial charge on any atom is -0.00183 e. The van der Waals surface area contributed by atoms with Crippen LogP contribution < -0.4 is 0 Å². The van der Waals surface area contributed by atoms with E-state index in [4.69, 9.17) is 0 Å². The highest BCUT2D eigenvalue weighted by atomic mass is 15.1. The van der Waals surface area contributed by atoms with E-state index in [2.05, 4.69) is 66.4 Å². The second kappa shape index (κ2) is 10.5. The van der Waals surface area contributed by atoms with E-state index in [0.29, 0.717) is 5.92 Å². The van der Waals surface area contributed by atoms with Gasteiger partial charge in [0.05, 0.1) is 0 Å². The van der Waals surface area contributed by atoms with E-state index in [1.165, 1.54) is 75.7 Å². The Balaban J connectivity index is 1.54. The zero-order chi connectivity index (χ0) is 18.0. The van der Waals surface area contributed by atoms with E-state index in [1.807, 2.05) is 0 Å². The Bertz CT molecular complexity index is 610. The predicted octanol–water partition coefficient (Wildman–Crippen LogP) is 6.23. The van der Waals surface area contributed by atoms with Crippen LogP contribution in [0.1, 0.15) is 68.1 Å². The molecule has 1 unspecified atom stereocenters. The van der Waals surface area contributed by atoms with Gasteiger partial charge in [-0.05, 0) is 93.6 Å². The molecule has 0 aliphatic carbocycles. The normalized spacial score (nSPS) is 16.0. The van der Waals surface area contributed by atoms with Crippen molar-refractivity contribution in [2.45, 2.75) is 64.2 Å². The molecule has 1 fully saturated rings. The standard InChI is InChI=1S/C25H35N/c1-2-22-15-17-25(18-16-22)24(14-9-21-26-19-6-7-20-26)13-8-12-23-10-4-3-5-11-23/h3-5,10-11,15-18,24H,2,6-9,12-14,19-21H2,1H3. The van der Waals surface area contributed by atoms with Gasteiger partial charge >= 0.3 is 0 Å². The Morgan fingerprint density at radius 3 is 2.19 bits per heavy atom. The summed E-state index contributed by atoms with van der Waals surface area (Å²) in [6.45, 7) is 6.18. The zero-order valence-corrected chi connectivity index (χ0v) is 16.5. The first-order valence-electron chi connectivity index (χ1n) is 10.7. The lowest BCUT2D eigenvalue weighted by atomic mass is 9.88. The molecule has 0 aromatic heterocycles. The Morgan fingerprint density at radius 1 is 0.808 bits per heavy atom. The highest BCUT2D eigenvalue weighted by Gasteiger charge is 2.15. The molecular weight excluding hydrogens is 314 g/mol. The SMILES string of the molecule is CCc1ccc(C(CCCc2ccccc2)CCCN2CCCC2)cc1. The summed E-state index contributed by atoms with van der Waals surface area (Å²) < 4.78 is 0. The lowest BCUT2D eigenvalue weighted by molar-refractivity contribution is 0.322. The van der Waals surface area contributed by atoms with Crippen molar-refractivity contribution < 1.29 is 0 Å². The summed E-state index contributed by atoms with van der Waals surface area (Å²) >= 11 is 0. The number of hydrogen-bond acceptors (Lipinski definition) is 1. The molecular formula is C25H35N. The molecule has 0 amide bonds. The van der Waals surface area contributed by atoms with Crippen molar-refractivity contribution in [3.8, 4) is 0 Å². The maximum absolute atomic E-state index is 2.65. The van der Waals surface area contributed by atoms with Gasteiger partial charge < -0.3 is 4.90 Å². The van der Waals surface area contributed by atoms with Crippen molar-refractivity contribution in [2.75, 3.05) is 19.6 Å². The van der Waals surface area contributed by atoms with E-state index >= 15 is 0 Å². The molecule has 1 saturated heterocycles. The topological polar surface area (TPSA) is 3.24 Å². The molecule has 1 nitrogen and oxygen atoms in total. The van der Waals surface area contributed by atoms with Crippen LogP contribution in [0.15, 0.2) is 54.6 Å².